The Balaban J connectivity index is 1.43. The van der Waals surface area contributed by atoms with Crippen LogP contribution in [-0.2, 0) is 15.3 Å². The number of hydrogen-bond donors (Lipinski definition) is 2. The van der Waals surface area contributed by atoms with Gasteiger partial charge in [0, 0.05) is 5.75 Å². The molecule has 2 aromatic heterocycles. The van der Waals surface area contributed by atoms with Gasteiger partial charge in [-0.15, -0.1) is 10.2 Å². The number of para-hydroxylation sites is 2. The number of aliphatic hydroxyl groups excluding tert-OH is 1. The van der Waals surface area contributed by atoms with Crippen molar-refractivity contribution in [3.63, 3.8) is 0 Å². The van der Waals surface area contributed by atoms with E-state index in [0.29, 0.717) is 9.86 Å². The number of esters is 1. The Bertz CT molecular complexity index is 1250. The summed E-state index contributed by atoms with van der Waals surface area (Å²) in [6.07, 6.45) is 0. The van der Waals surface area contributed by atoms with Crippen LogP contribution in [0.15, 0.2) is 63.0 Å². The Morgan fingerprint density at radius 1 is 1.06 bits per heavy atom. The van der Waals surface area contributed by atoms with Gasteiger partial charge in [-0.25, -0.2) is 9.78 Å². The van der Waals surface area contributed by atoms with Gasteiger partial charge >= 0.3 is 5.97 Å². The lowest BCUT2D eigenvalue weighted by molar-refractivity contribution is -0.133. The number of carbonyl (C=O) groups is 1. The lowest BCUT2D eigenvalue weighted by Crippen LogP contribution is -2.09. The Labute approximate surface area is 202 Å². The summed E-state index contributed by atoms with van der Waals surface area (Å²) < 4.78 is 11.5. The molecule has 0 saturated heterocycles. The van der Waals surface area contributed by atoms with Crippen molar-refractivity contribution in [2.45, 2.75) is 14.4 Å². The maximum Gasteiger partial charge on any atom is 0.345 e. The van der Waals surface area contributed by atoms with Crippen molar-refractivity contribution in [1.82, 2.24) is 20.2 Å². The maximum atomic E-state index is 12.4. The van der Waals surface area contributed by atoms with Crippen LogP contribution in [0.4, 0.5) is 0 Å². The van der Waals surface area contributed by atoms with Crippen LogP contribution in [0.2, 0.25) is 0 Å². The molecule has 0 amide bonds. The number of carbonyl (C=O) groups excluding carboxylic acids is 1. The number of methoxy groups -OCH3 is 2. The van der Waals surface area contributed by atoms with Gasteiger partial charge in [0.2, 0.25) is 0 Å². The van der Waals surface area contributed by atoms with E-state index in [9.17, 15) is 9.90 Å². The second-order valence-electron chi connectivity index (χ2n) is 6.68. The number of H-pyrrole nitrogens is 1. The number of aliphatic hydroxyl groups is 1. The molecule has 0 atom stereocenters. The number of fused-ring (bicyclic) bond motifs is 1. The van der Waals surface area contributed by atoms with E-state index >= 15 is 0 Å². The number of aromatic nitrogens is 4. The molecule has 0 aliphatic heterocycles. The van der Waals surface area contributed by atoms with Crippen LogP contribution in [0, 0.1) is 0 Å². The van der Waals surface area contributed by atoms with Crippen LogP contribution >= 0.6 is 34.9 Å². The zero-order valence-corrected chi connectivity index (χ0v) is 20.2. The number of benzene rings is 2. The van der Waals surface area contributed by atoms with E-state index in [4.69, 9.17) is 9.47 Å². The molecular weight excluding hydrogens is 480 g/mol. The van der Waals surface area contributed by atoms with E-state index in [1.54, 1.807) is 18.9 Å². The SMILES string of the molecule is COC(=O)/C(=C(/O)CSc1nnc(SCc2ccc(OC)cc2)s1)c1nc2ccccc2[nH]1. The van der Waals surface area contributed by atoms with Crippen LogP contribution < -0.4 is 4.74 Å². The predicted molar refractivity (Wildman–Crippen MR) is 131 cm³/mol. The second kappa shape index (κ2) is 10.7. The normalized spacial score (nSPS) is 11.9. The van der Waals surface area contributed by atoms with Crippen molar-refractivity contribution in [1.29, 1.82) is 0 Å². The number of hydrogen-bond acceptors (Lipinski definition) is 10. The molecule has 170 valence electrons. The molecule has 0 saturated carbocycles. The molecule has 0 aliphatic rings. The van der Waals surface area contributed by atoms with Crippen LogP contribution in [0.1, 0.15) is 11.4 Å². The summed E-state index contributed by atoms with van der Waals surface area (Å²) in [5.41, 5.74) is 2.60. The summed E-state index contributed by atoms with van der Waals surface area (Å²) in [5, 5.41) is 19.1. The molecule has 0 fully saturated rings. The second-order valence-corrected chi connectivity index (χ2v) is 10.1. The highest BCUT2D eigenvalue weighted by Gasteiger charge is 2.22. The largest absolute Gasteiger partial charge is 0.510 e. The summed E-state index contributed by atoms with van der Waals surface area (Å²) in [5.74, 6) is 1.15. The minimum absolute atomic E-state index is 0.000167. The van der Waals surface area contributed by atoms with Gasteiger partial charge in [0.1, 0.15) is 22.9 Å². The molecule has 0 aliphatic carbocycles. The minimum atomic E-state index is -0.667. The molecule has 4 rings (SSSR count). The Hall–Kier alpha value is -3.02. The summed E-state index contributed by atoms with van der Waals surface area (Å²) in [6.45, 7) is 0. The van der Waals surface area contributed by atoms with Crippen molar-refractivity contribution in [2.24, 2.45) is 0 Å². The number of ether oxygens (including phenoxy) is 2. The zero-order chi connectivity index (χ0) is 23.2. The molecule has 0 radical (unpaired) electrons. The standard InChI is InChI=1S/C22H20N4O4S3/c1-29-14-9-7-13(8-10-14)11-31-21-25-26-22(33-21)32-12-17(27)18(20(28)30-2)19-23-15-5-3-4-6-16(15)24-19/h3-10,27H,11-12H2,1-2H3,(H,23,24)/b18-17+. The molecule has 11 heteroatoms. The number of imidazole rings is 1. The van der Waals surface area contributed by atoms with Crippen molar-refractivity contribution in [3.05, 3.63) is 65.7 Å². The number of thioether (sulfide) groups is 2. The molecule has 33 heavy (non-hydrogen) atoms. The third-order valence-corrected chi connectivity index (χ3v) is 7.82. The van der Waals surface area contributed by atoms with Crippen molar-refractivity contribution in [3.8, 4) is 5.75 Å². The number of aromatic amines is 1. The van der Waals surface area contributed by atoms with E-state index in [0.717, 1.165) is 26.9 Å². The predicted octanol–water partition coefficient (Wildman–Crippen LogP) is 4.95. The first kappa shape index (κ1) is 23.1. The minimum Gasteiger partial charge on any atom is -0.510 e. The fourth-order valence-corrected chi connectivity index (χ4v) is 5.76. The highest BCUT2D eigenvalue weighted by molar-refractivity contribution is 8.03. The molecule has 2 heterocycles. The molecule has 0 bridgehead atoms. The molecule has 4 aromatic rings. The van der Waals surface area contributed by atoms with Crippen LogP contribution in [0.5, 0.6) is 5.75 Å². The van der Waals surface area contributed by atoms with Crippen LogP contribution in [0.3, 0.4) is 0 Å². The van der Waals surface area contributed by atoms with Gasteiger partial charge in [-0.05, 0) is 29.8 Å². The summed E-state index contributed by atoms with van der Waals surface area (Å²) in [6, 6.07) is 15.3. The van der Waals surface area contributed by atoms with Gasteiger partial charge in [-0.2, -0.15) is 0 Å². The topological polar surface area (TPSA) is 110 Å². The van der Waals surface area contributed by atoms with E-state index < -0.39 is 5.97 Å². The molecule has 8 nitrogen and oxygen atoms in total. The number of rotatable bonds is 9. The Morgan fingerprint density at radius 2 is 1.79 bits per heavy atom. The summed E-state index contributed by atoms with van der Waals surface area (Å²) >= 11 is 4.31. The Morgan fingerprint density at radius 3 is 2.48 bits per heavy atom. The first-order valence-electron chi connectivity index (χ1n) is 9.75. The fraction of sp³-hybridized carbons (Fsp3) is 0.182. The average Bonchev–Trinajstić information content (AvgIpc) is 3.48. The molecule has 0 unspecified atom stereocenters. The van der Waals surface area contributed by atoms with Crippen LogP contribution in [0.25, 0.3) is 16.6 Å². The highest BCUT2D eigenvalue weighted by atomic mass is 32.2. The third-order valence-electron chi connectivity index (χ3n) is 4.55. The van der Waals surface area contributed by atoms with Gasteiger partial charge in [-0.1, -0.05) is 59.1 Å². The smallest absolute Gasteiger partial charge is 0.345 e. The molecular formula is C22H20N4O4S3. The van der Waals surface area contributed by atoms with Gasteiger partial charge in [0.05, 0.1) is 31.0 Å². The van der Waals surface area contributed by atoms with Gasteiger partial charge in [0.15, 0.2) is 8.68 Å². The van der Waals surface area contributed by atoms with E-state index in [2.05, 4.69) is 20.2 Å². The average molecular weight is 501 g/mol. The van der Waals surface area contributed by atoms with E-state index in [1.165, 1.54) is 30.2 Å². The summed E-state index contributed by atoms with van der Waals surface area (Å²) in [7, 11) is 2.91. The van der Waals surface area contributed by atoms with E-state index in [1.807, 2.05) is 48.5 Å². The van der Waals surface area contributed by atoms with Gasteiger partial charge < -0.3 is 19.6 Å². The quantitative estimate of drug-likeness (QED) is 0.143. The molecule has 2 N–H and O–H groups in total. The maximum absolute atomic E-state index is 12.4. The first-order valence-corrected chi connectivity index (χ1v) is 12.5. The zero-order valence-electron chi connectivity index (χ0n) is 17.8. The Kier molecular flexibility index (Phi) is 7.53. The molecule has 0 spiro atoms. The number of nitrogens with one attached hydrogen (secondary N) is 1. The first-order chi connectivity index (χ1) is 16.1. The summed E-state index contributed by atoms with van der Waals surface area (Å²) in [4.78, 5) is 19.8. The lowest BCUT2D eigenvalue weighted by Gasteiger charge is -2.06. The monoisotopic (exact) mass is 500 g/mol. The highest BCUT2D eigenvalue weighted by Crippen LogP contribution is 2.32. The van der Waals surface area contributed by atoms with Crippen molar-refractivity contribution in [2.75, 3.05) is 20.0 Å². The third kappa shape index (κ3) is 5.67. The lowest BCUT2D eigenvalue weighted by atomic mass is 10.2. The van der Waals surface area contributed by atoms with Crippen LogP contribution in [-0.4, -0.2) is 51.2 Å². The molecule has 2 aromatic carbocycles. The van der Waals surface area contributed by atoms with E-state index in [-0.39, 0.29) is 22.9 Å². The van der Waals surface area contributed by atoms with Gasteiger partial charge in [-0.3, -0.25) is 0 Å². The fourth-order valence-electron chi connectivity index (χ4n) is 2.91. The number of nitrogens with zero attached hydrogens (tertiary/aromatic N) is 3. The van der Waals surface area contributed by atoms with Gasteiger partial charge in [0.25, 0.3) is 0 Å². The van der Waals surface area contributed by atoms with Crippen molar-refractivity contribution < 1.29 is 19.4 Å². The van der Waals surface area contributed by atoms with Crippen molar-refractivity contribution >= 4 is 57.4 Å².